The van der Waals surface area contributed by atoms with Crippen LogP contribution in [0.4, 0.5) is 0 Å². The molecule has 3 rings (SSSR count). The molecule has 2 aromatic carbocycles. The van der Waals surface area contributed by atoms with Gasteiger partial charge in [-0.1, -0.05) is 60.7 Å². The lowest BCUT2D eigenvalue weighted by Gasteiger charge is -2.17. The van der Waals surface area contributed by atoms with Gasteiger partial charge in [-0.25, -0.2) is 4.98 Å². The molecular weight excluding hydrogens is 342 g/mol. The molecule has 0 aliphatic carbocycles. The summed E-state index contributed by atoms with van der Waals surface area (Å²) in [7, 11) is 0. The van der Waals surface area contributed by atoms with Gasteiger partial charge in [-0.3, -0.25) is 9.59 Å². The van der Waals surface area contributed by atoms with E-state index in [-0.39, 0.29) is 30.8 Å². The maximum Gasteiger partial charge on any atom is 0.222 e. The lowest BCUT2D eigenvalue weighted by molar-refractivity contribution is -0.123. The minimum atomic E-state index is -0.381. The Morgan fingerprint density at radius 1 is 1.04 bits per heavy atom. The lowest BCUT2D eigenvalue weighted by atomic mass is 10.0. The molecule has 0 saturated carbocycles. The average molecular weight is 363 g/mol. The van der Waals surface area contributed by atoms with Gasteiger partial charge in [0.05, 0.1) is 25.2 Å². The van der Waals surface area contributed by atoms with Crippen LogP contribution >= 0.6 is 0 Å². The largest absolute Gasteiger partial charge is 0.439 e. The topological polar surface area (TPSA) is 84.2 Å². The second kappa shape index (κ2) is 8.80. The second-order valence-electron chi connectivity index (χ2n) is 6.13. The predicted molar refractivity (Wildman–Crippen MR) is 101 cm³/mol. The van der Waals surface area contributed by atoms with Gasteiger partial charge in [0.25, 0.3) is 0 Å². The standard InChI is InChI=1S/C21H21N3O3/c1-15(25)24-18(16-8-4-2-5-9-16)12-20(26)22-14-21-23-13-19(27-21)17-10-6-3-7-11-17/h2-11,13,18H,12,14H2,1H3,(H,22,26)(H,24,25). The molecule has 0 aliphatic rings. The summed E-state index contributed by atoms with van der Waals surface area (Å²) in [5.74, 6) is 0.701. The van der Waals surface area contributed by atoms with E-state index in [0.29, 0.717) is 11.7 Å². The highest BCUT2D eigenvalue weighted by Gasteiger charge is 2.17. The number of aromatic nitrogens is 1. The maximum atomic E-state index is 12.3. The van der Waals surface area contributed by atoms with Gasteiger partial charge in [-0.2, -0.15) is 0 Å². The maximum absolute atomic E-state index is 12.3. The summed E-state index contributed by atoms with van der Waals surface area (Å²) in [5, 5.41) is 5.60. The van der Waals surface area contributed by atoms with E-state index in [9.17, 15) is 9.59 Å². The van der Waals surface area contributed by atoms with Gasteiger partial charge in [-0.05, 0) is 5.56 Å². The third kappa shape index (κ3) is 5.28. The van der Waals surface area contributed by atoms with E-state index < -0.39 is 0 Å². The zero-order valence-corrected chi connectivity index (χ0v) is 15.0. The number of nitrogens with zero attached hydrogens (tertiary/aromatic N) is 1. The van der Waals surface area contributed by atoms with Crippen LogP contribution in [0.2, 0.25) is 0 Å². The molecule has 1 unspecified atom stereocenters. The van der Waals surface area contributed by atoms with Crippen molar-refractivity contribution in [2.45, 2.75) is 25.9 Å². The Bertz CT molecular complexity index is 891. The van der Waals surface area contributed by atoms with Crippen LogP contribution in [0.5, 0.6) is 0 Å². The highest BCUT2D eigenvalue weighted by atomic mass is 16.4. The van der Waals surface area contributed by atoms with Crippen molar-refractivity contribution in [2.75, 3.05) is 0 Å². The van der Waals surface area contributed by atoms with Crippen molar-refractivity contribution in [2.24, 2.45) is 0 Å². The molecular formula is C21H21N3O3. The predicted octanol–water partition coefficient (Wildman–Crippen LogP) is 3.23. The third-order valence-corrected chi connectivity index (χ3v) is 4.02. The quantitative estimate of drug-likeness (QED) is 0.675. The Hall–Kier alpha value is -3.41. The SMILES string of the molecule is CC(=O)NC(CC(=O)NCc1ncc(-c2ccccc2)o1)c1ccccc1. The Morgan fingerprint density at radius 2 is 1.70 bits per heavy atom. The van der Waals surface area contributed by atoms with Crippen molar-refractivity contribution in [1.29, 1.82) is 0 Å². The number of hydrogen-bond donors (Lipinski definition) is 2. The first kappa shape index (κ1) is 18.4. The summed E-state index contributed by atoms with van der Waals surface area (Å²) in [6.45, 7) is 1.62. The van der Waals surface area contributed by atoms with Crippen molar-refractivity contribution in [3.05, 3.63) is 78.3 Å². The average Bonchev–Trinajstić information content (AvgIpc) is 3.16. The van der Waals surface area contributed by atoms with Crippen molar-refractivity contribution in [3.8, 4) is 11.3 Å². The molecule has 27 heavy (non-hydrogen) atoms. The molecule has 0 bridgehead atoms. The molecule has 2 N–H and O–H groups in total. The molecule has 0 fully saturated rings. The molecule has 6 heteroatoms. The molecule has 0 radical (unpaired) electrons. The summed E-state index contributed by atoms with van der Waals surface area (Å²) in [6, 6.07) is 18.7. The Morgan fingerprint density at radius 3 is 2.37 bits per heavy atom. The highest BCUT2D eigenvalue weighted by molar-refractivity contribution is 5.79. The van der Waals surface area contributed by atoms with Gasteiger partial charge >= 0.3 is 0 Å². The van der Waals surface area contributed by atoms with E-state index in [1.54, 1.807) is 6.20 Å². The summed E-state index contributed by atoms with van der Waals surface area (Å²) < 4.78 is 5.68. The fraction of sp³-hybridized carbons (Fsp3) is 0.190. The van der Waals surface area contributed by atoms with Gasteiger partial charge in [0.2, 0.25) is 17.7 Å². The number of hydrogen-bond acceptors (Lipinski definition) is 4. The van der Waals surface area contributed by atoms with E-state index in [1.807, 2.05) is 60.7 Å². The number of oxazole rings is 1. The molecule has 2 amide bonds. The number of benzene rings is 2. The minimum absolute atomic E-state index is 0.135. The molecule has 138 valence electrons. The van der Waals surface area contributed by atoms with Gasteiger partial charge in [0, 0.05) is 12.5 Å². The van der Waals surface area contributed by atoms with Crippen LogP contribution in [0.15, 0.2) is 71.3 Å². The molecule has 1 heterocycles. The van der Waals surface area contributed by atoms with Crippen LogP contribution < -0.4 is 10.6 Å². The lowest BCUT2D eigenvalue weighted by Crippen LogP contribution is -2.32. The molecule has 0 aliphatic heterocycles. The van der Waals surface area contributed by atoms with Crippen LogP contribution in [0.3, 0.4) is 0 Å². The van der Waals surface area contributed by atoms with Crippen LogP contribution in [-0.2, 0) is 16.1 Å². The first-order chi connectivity index (χ1) is 13.1. The van der Waals surface area contributed by atoms with E-state index in [1.165, 1.54) is 6.92 Å². The van der Waals surface area contributed by atoms with Crippen molar-refractivity contribution >= 4 is 11.8 Å². The number of nitrogens with one attached hydrogen (secondary N) is 2. The van der Waals surface area contributed by atoms with Crippen LogP contribution in [0, 0.1) is 0 Å². The molecule has 3 aromatic rings. The summed E-state index contributed by atoms with van der Waals surface area (Å²) >= 11 is 0. The number of carbonyl (C=O) groups excluding carboxylic acids is 2. The molecule has 6 nitrogen and oxygen atoms in total. The first-order valence-electron chi connectivity index (χ1n) is 8.70. The van der Waals surface area contributed by atoms with Crippen molar-refractivity contribution < 1.29 is 14.0 Å². The van der Waals surface area contributed by atoms with E-state index in [2.05, 4.69) is 15.6 Å². The smallest absolute Gasteiger partial charge is 0.222 e. The zero-order valence-electron chi connectivity index (χ0n) is 15.0. The number of carbonyl (C=O) groups is 2. The van der Waals surface area contributed by atoms with Crippen molar-refractivity contribution in [1.82, 2.24) is 15.6 Å². The van der Waals surface area contributed by atoms with Gasteiger partial charge < -0.3 is 15.1 Å². The minimum Gasteiger partial charge on any atom is -0.439 e. The summed E-state index contributed by atoms with van der Waals surface area (Å²) in [4.78, 5) is 28.0. The van der Waals surface area contributed by atoms with Gasteiger partial charge in [-0.15, -0.1) is 0 Å². The Balaban J connectivity index is 1.58. The number of rotatable bonds is 7. The highest BCUT2D eigenvalue weighted by Crippen LogP contribution is 2.20. The Labute approximate surface area is 157 Å². The fourth-order valence-corrected chi connectivity index (χ4v) is 2.74. The summed E-state index contributed by atoms with van der Waals surface area (Å²) in [6.07, 6.45) is 1.77. The van der Waals surface area contributed by atoms with Crippen LogP contribution in [0.1, 0.15) is 30.8 Å². The number of amides is 2. The second-order valence-corrected chi connectivity index (χ2v) is 6.13. The monoisotopic (exact) mass is 363 g/mol. The van der Waals surface area contributed by atoms with E-state index in [4.69, 9.17) is 4.42 Å². The molecule has 0 saturated heterocycles. The molecule has 1 atom stereocenters. The Kier molecular flexibility index (Phi) is 5.99. The van der Waals surface area contributed by atoms with Crippen LogP contribution in [-0.4, -0.2) is 16.8 Å². The zero-order chi connectivity index (χ0) is 19.1. The van der Waals surface area contributed by atoms with Crippen LogP contribution in [0.25, 0.3) is 11.3 Å². The molecule has 1 aromatic heterocycles. The first-order valence-corrected chi connectivity index (χ1v) is 8.70. The van der Waals surface area contributed by atoms with Gasteiger partial charge in [0.1, 0.15) is 0 Å². The van der Waals surface area contributed by atoms with Gasteiger partial charge in [0.15, 0.2) is 5.76 Å². The third-order valence-electron chi connectivity index (χ3n) is 4.02. The van der Waals surface area contributed by atoms with E-state index >= 15 is 0 Å². The normalized spacial score (nSPS) is 11.6. The van der Waals surface area contributed by atoms with Crippen molar-refractivity contribution in [3.63, 3.8) is 0 Å². The fourth-order valence-electron chi connectivity index (χ4n) is 2.74. The summed E-state index contributed by atoms with van der Waals surface area (Å²) in [5.41, 5.74) is 1.81. The van der Waals surface area contributed by atoms with E-state index in [0.717, 1.165) is 11.1 Å². The molecule has 0 spiro atoms.